The predicted molar refractivity (Wildman–Crippen MR) is 189 cm³/mol. The standard InChI is InChI=1S/C44H46/c1-40(2,3)27-23-28(41(4,5)6)25-44(24-27)34-22-21-32-37(35(34)31-20-19-26-15-11-12-16-29(26)36(31)44)43(9,10)38-30-17-13-14-18-33(30)42(7,8)39(32)38/h11-24H,25H2,1-10H3. The average Bonchev–Trinajstić information content (AvgIpc) is 3.48. The molecule has 0 saturated heterocycles. The molecule has 4 aromatic rings. The Morgan fingerprint density at radius 1 is 0.568 bits per heavy atom. The van der Waals surface area contributed by atoms with E-state index in [-0.39, 0.29) is 27.1 Å². The lowest BCUT2D eigenvalue weighted by Crippen LogP contribution is -2.32. The third kappa shape index (κ3) is 3.35. The van der Waals surface area contributed by atoms with Crippen molar-refractivity contribution in [2.45, 2.75) is 91.9 Å². The second kappa shape index (κ2) is 8.33. The molecule has 1 spiro atoms. The fourth-order valence-corrected chi connectivity index (χ4v) is 9.43. The molecule has 4 aliphatic carbocycles. The van der Waals surface area contributed by atoms with Crippen LogP contribution in [0.5, 0.6) is 0 Å². The summed E-state index contributed by atoms with van der Waals surface area (Å²) in [6.45, 7) is 24.2. The number of rotatable bonds is 0. The molecule has 0 N–H and O–H groups in total. The predicted octanol–water partition coefficient (Wildman–Crippen LogP) is 11.9. The molecule has 0 radical (unpaired) electrons. The third-order valence-electron chi connectivity index (χ3n) is 11.6. The Morgan fingerprint density at radius 3 is 1.95 bits per heavy atom. The van der Waals surface area contributed by atoms with E-state index in [4.69, 9.17) is 0 Å². The van der Waals surface area contributed by atoms with Crippen LogP contribution in [0.2, 0.25) is 0 Å². The summed E-state index contributed by atoms with van der Waals surface area (Å²) in [6, 6.07) is 28.2. The van der Waals surface area contributed by atoms with Gasteiger partial charge in [-0.3, -0.25) is 0 Å². The van der Waals surface area contributed by atoms with Gasteiger partial charge in [0.05, 0.1) is 0 Å². The lowest BCUT2D eigenvalue weighted by molar-refractivity contribution is 0.432. The molecular weight excluding hydrogens is 528 g/mol. The molecule has 0 saturated carbocycles. The molecule has 0 heteroatoms. The van der Waals surface area contributed by atoms with Crippen molar-refractivity contribution in [2.24, 2.45) is 10.8 Å². The van der Waals surface area contributed by atoms with E-state index in [1.54, 1.807) is 5.57 Å². The van der Waals surface area contributed by atoms with E-state index in [1.165, 1.54) is 72.0 Å². The molecule has 222 valence electrons. The average molecular weight is 575 g/mol. The molecule has 0 fully saturated rings. The molecule has 1 atom stereocenters. The molecule has 0 bridgehead atoms. The molecule has 4 aliphatic rings. The van der Waals surface area contributed by atoms with Crippen LogP contribution in [0.25, 0.3) is 33.0 Å². The third-order valence-corrected chi connectivity index (χ3v) is 11.6. The summed E-state index contributed by atoms with van der Waals surface area (Å²) in [5, 5.41) is 2.74. The van der Waals surface area contributed by atoms with E-state index >= 15 is 0 Å². The van der Waals surface area contributed by atoms with Crippen molar-refractivity contribution in [1.29, 1.82) is 0 Å². The molecule has 0 amide bonds. The zero-order chi connectivity index (χ0) is 31.2. The Balaban J connectivity index is 1.50. The van der Waals surface area contributed by atoms with Crippen LogP contribution in [0.1, 0.15) is 109 Å². The maximum absolute atomic E-state index is 2.69. The fourth-order valence-electron chi connectivity index (χ4n) is 9.43. The Hall–Kier alpha value is -3.64. The fraction of sp³-hybridized carbons (Fsp3) is 0.364. The highest BCUT2D eigenvalue weighted by molar-refractivity contribution is 6.12. The van der Waals surface area contributed by atoms with Gasteiger partial charge in [-0.15, -0.1) is 0 Å². The van der Waals surface area contributed by atoms with Crippen molar-refractivity contribution in [3.8, 4) is 11.1 Å². The van der Waals surface area contributed by atoms with Crippen LogP contribution in [0.15, 0.2) is 96.1 Å². The maximum atomic E-state index is 2.69. The highest BCUT2D eigenvalue weighted by atomic mass is 14.6. The van der Waals surface area contributed by atoms with Crippen molar-refractivity contribution < 1.29 is 0 Å². The van der Waals surface area contributed by atoms with Crippen LogP contribution in [0.3, 0.4) is 0 Å². The first-order valence-corrected chi connectivity index (χ1v) is 16.6. The molecule has 0 heterocycles. The second-order valence-electron chi connectivity index (χ2n) is 17.1. The van der Waals surface area contributed by atoms with Crippen LogP contribution in [0, 0.1) is 10.8 Å². The van der Waals surface area contributed by atoms with Gasteiger partial charge >= 0.3 is 0 Å². The number of hydrogen-bond acceptors (Lipinski definition) is 0. The Morgan fingerprint density at radius 2 is 1.23 bits per heavy atom. The smallest absolute Gasteiger partial charge is 0.0443 e. The first kappa shape index (κ1) is 27.9. The monoisotopic (exact) mass is 574 g/mol. The SMILES string of the molecule is CC(C)(C)C1=CC2(CC(C(C)(C)C)=C1)c1ccc3c(c1-c1ccc4ccccc4c12)C(C)(C)C1=C3C(C)(C)c2ccccc21. The summed E-state index contributed by atoms with van der Waals surface area (Å²) in [6.07, 6.45) is 6.25. The number of fused-ring (bicyclic) bond motifs is 12. The van der Waals surface area contributed by atoms with Gasteiger partial charge in [0.2, 0.25) is 0 Å². The topological polar surface area (TPSA) is 0 Å². The van der Waals surface area contributed by atoms with Crippen LogP contribution in [-0.4, -0.2) is 0 Å². The Kier molecular flexibility index (Phi) is 5.28. The van der Waals surface area contributed by atoms with Crippen LogP contribution in [0.4, 0.5) is 0 Å². The number of benzene rings is 4. The molecule has 0 aromatic heterocycles. The summed E-state index contributed by atoms with van der Waals surface area (Å²) in [4.78, 5) is 0. The van der Waals surface area contributed by atoms with Gasteiger partial charge in [0, 0.05) is 16.2 Å². The van der Waals surface area contributed by atoms with Gasteiger partial charge in [0.15, 0.2) is 0 Å². The Bertz CT molecular complexity index is 2040. The van der Waals surface area contributed by atoms with Crippen molar-refractivity contribution in [3.63, 3.8) is 0 Å². The van der Waals surface area contributed by atoms with Gasteiger partial charge < -0.3 is 0 Å². The minimum Gasteiger partial charge on any atom is -0.0655 e. The van der Waals surface area contributed by atoms with E-state index < -0.39 is 0 Å². The molecular formula is C44H46. The molecule has 4 aromatic carbocycles. The molecule has 1 unspecified atom stereocenters. The van der Waals surface area contributed by atoms with Gasteiger partial charge in [0.25, 0.3) is 0 Å². The highest BCUT2D eigenvalue weighted by Crippen LogP contribution is 2.68. The summed E-state index contributed by atoms with van der Waals surface area (Å²) in [5.41, 5.74) is 17.7. The van der Waals surface area contributed by atoms with Gasteiger partial charge in [-0.05, 0) is 89.3 Å². The van der Waals surface area contributed by atoms with Crippen molar-refractivity contribution >= 4 is 21.9 Å². The summed E-state index contributed by atoms with van der Waals surface area (Å²) >= 11 is 0. The summed E-state index contributed by atoms with van der Waals surface area (Å²) < 4.78 is 0. The van der Waals surface area contributed by atoms with Crippen LogP contribution in [-0.2, 0) is 16.2 Å². The summed E-state index contributed by atoms with van der Waals surface area (Å²) in [5.74, 6) is 0. The van der Waals surface area contributed by atoms with Crippen LogP contribution >= 0.6 is 0 Å². The van der Waals surface area contributed by atoms with Gasteiger partial charge in [-0.1, -0.05) is 160 Å². The van der Waals surface area contributed by atoms with Crippen molar-refractivity contribution in [3.05, 3.63) is 129 Å². The van der Waals surface area contributed by atoms with Gasteiger partial charge in [-0.25, -0.2) is 0 Å². The lowest BCUT2D eigenvalue weighted by Gasteiger charge is -2.41. The zero-order valence-corrected chi connectivity index (χ0v) is 28.3. The molecule has 0 nitrogen and oxygen atoms in total. The normalized spacial score (nSPS) is 22.4. The highest BCUT2D eigenvalue weighted by Gasteiger charge is 2.54. The minimum atomic E-state index is -0.211. The summed E-state index contributed by atoms with van der Waals surface area (Å²) in [7, 11) is 0. The van der Waals surface area contributed by atoms with Gasteiger partial charge in [0.1, 0.15) is 0 Å². The second-order valence-corrected chi connectivity index (χ2v) is 17.1. The minimum absolute atomic E-state index is 0.0303. The first-order chi connectivity index (χ1) is 20.6. The van der Waals surface area contributed by atoms with Crippen molar-refractivity contribution in [2.75, 3.05) is 0 Å². The molecule has 0 aliphatic heterocycles. The maximum Gasteiger partial charge on any atom is 0.0443 e. The molecule has 8 rings (SSSR count). The van der Waals surface area contributed by atoms with Crippen molar-refractivity contribution in [1.82, 2.24) is 0 Å². The van der Waals surface area contributed by atoms with E-state index in [1.807, 2.05) is 0 Å². The first-order valence-electron chi connectivity index (χ1n) is 16.6. The number of allylic oxidation sites excluding steroid dienone is 6. The van der Waals surface area contributed by atoms with E-state index in [2.05, 4.69) is 154 Å². The van der Waals surface area contributed by atoms with E-state index in [9.17, 15) is 0 Å². The van der Waals surface area contributed by atoms with E-state index in [0.29, 0.717) is 0 Å². The van der Waals surface area contributed by atoms with E-state index in [0.717, 1.165) is 6.42 Å². The largest absolute Gasteiger partial charge is 0.0655 e. The molecule has 44 heavy (non-hydrogen) atoms. The Labute approximate surface area is 264 Å². The van der Waals surface area contributed by atoms with Gasteiger partial charge in [-0.2, -0.15) is 0 Å². The number of hydrogen-bond donors (Lipinski definition) is 0. The zero-order valence-electron chi connectivity index (χ0n) is 28.3. The lowest BCUT2D eigenvalue weighted by atomic mass is 9.62. The quantitative estimate of drug-likeness (QED) is 0.196. The van der Waals surface area contributed by atoms with Crippen LogP contribution < -0.4 is 0 Å².